The van der Waals surface area contributed by atoms with Crippen LogP contribution in [0.4, 0.5) is 17.2 Å². The Balaban J connectivity index is 1.78. The molecule has 2 aromatic rings. The lowest BCUT2D eigenvalue weighted by atomic mass is 10.1. The Hall–Kier alpha value is -2.81. The first-order chi connectivity index (χ1) is 12.3. The largest absolute Gasteiger partial charge is 0.478 e. The average molecular weight is 376 g/mol. The van der Waals surface area contributed by atoms with E-state index < -0.39 is 16.0 Å². The number of pyridine rings is 1. The minimum Gasteiger partial charge on any atom is -0.478 e. The molecule has 0 aliphatic carbocycles. The van der Waals surface area contributed by atoms with Gasteiger partial charge in [0.15, 0.2) is 0 Å². The SMILES string of the molecule is CS(=O)(=O)Nc1ccc(N2CCN(c3ccccn3)CC2)c(C(=O)O)c1. The van der Waals surface area contributed by atoms with E-state index in [0.717, 1.165) is 25.2 Å². The molecule has 0 saturated carbocycles. The molecule has 1 aliphatic heterocycles. The van der Waals surface area contributed by atoms with Crippen LogP contribution in [0.5, 0.6) is 0 Å². The van der Waals surface area contributed by atoms with Crippen LogP contribution in [0, 0.1) is 0 Å². The number of carboxylic acids is 1. The van der Waals surface area contributed by atoms with Crippen molar-refractivity contribution in [2.45, 2.75) is 0 Å². The van der Waals surface area contributed by atoms with Crippen LogP contribution in [-0.2, 0) is 10.0 Å². The fourth-order valence-corrected chi connectivity index (χ4v) is 3.53. The predicted octanol–water partition coefficient (Wildman–Crippen LogP) is 1.48. The second-order valence-electron chi connectivity index (χ2n) is 6.07. The van der Waals surface area contributed by atoms with Crippen LogP contribution in [-0.4, -0.2) is 56.9 Å². The van der Waals surface area contributed by atoms with E-state index in [4.69, 9.17) is 0 Å². The summed E-state index contributed by atoms with van der Waals surface area (Å²) in [5, 5.41) is 9.52. The lowest BCUT2D eigenvalue weighted by Crippen LogP contribution is -2.47. The van der Waals surface area contributed by atoms with E-state index in [1.807, 2.05) is 23.1 Å². The Kier molecular flexibility index (Phi) is 4.99. The molecule has 2 N–H and O–H groups in total. The molecule has 1 saturated heterocycles. The van der Waals surface area contributed by atoms with Gasteiger partial charge in [-0.3, -0.25) is 4.72 Å². The highest BCUT2D eigenvalue weighted by atomic mass is 32.2. The summed E-state index contributed by atoms with van der Waals surface area (Å²) in [6.07, 6.45) is 2.77. The number of hydrogen-bond donors (Lipinski definition) is 2. The molecule has 0 radical (unpaired) electrons. The molecule has 0 amide bonds. The monoisotopic (exact) mass is 376 g/mol. The Morgan fingerprint density at radius 1 is 1.12 bits per heavy atom. The number of rotatable bonds is 5. The molecule has 3 rings (SSSR count). The molecule has 1 fully saturated rings. The number of sulfonamides is 1. The number of nitrogens with one attached hydrogen (secondary N) is 1. The van der Waals surface area contributed by atoms with Crippen LogP contribution in [0.2, 0.25) is 0 Å². The van der Waals surface area contributed by atoms with Crippen LogP contribution in [0.3, 0.4) is 0 Å². The fraction of sp³-hybridized carbons (Fsp3) is 0.294. The Morgan fingerprint density at radius 2 is 1.81 bits per heavy atom. The molecule has 0 unspecified atom stereocenters. The number of hydrogen-bond acceptors (Lipinski definition) is 6. The summed E-state index contributed by atoms with van der Waals surface area (Å²) in [7, 11) is -3.47. The first kappa shape index (κ1) is 18.0. The summed E-state index contributed by atoms with van der Waals surface area (Å²) in [6.45, 7) is 2.74. The molecule has 0 bridgehead atoms. The van der Waals surface area contributed by atoms with Gasteiger partial charge >= 0.3 is 5.97 Å². The van der Waals surface area contributed by atoms with E-state index in [1.54, 1.807) is 18.3 Å². The van der Waals surface area contributed by atoms with Crippen LogP contribution in [0.25, 0.3) is 0 Å². The zero-order valence-electron chi connectivity index (χ0n) is 14.3. The lowest BCUT2D eigenvalue weighted by molar-refractivity contribution is 0.0697. The smallest absolute Gasteiger partial charge is 0.337 e. The fourth-order valence-electron chi connectivity index (χ4n) is 2.98. The van der Waals surface area contributed by atoms with Crippen molar-refractivity contribution in [3.63, 3.8) is 0 Å². The Morgan fingerprint density at radius 3 is 2.38 bits per heavy atom. The quantitative estimate of drug-likeness (QED) is 0.815. The van der Waals surface area contributed by atoms with Crippen molar-refractivity contribution in [1.29, 1.82) is 0 Å². The van der Waals surface area contributed by atoms with Crippen molar-refractivity contribution in [3.05, 3.63) is 48.2 Å². The van der Waals surface area contributed by atoms with Gasteiger partial charge in [0.1, 0.15) is 5.82 Å². The molecule has 0 spiro atoms. The molecular weight excluding hydrogens is 356 g/mol. The van der Waals surface area contributed by atoms with E-state index in [2.05, 4.69) is 14.6 Å². The summed E-state index contributed by atoms with van der Waals surface area (Å²) >= 11 is 0. The third-order valence-corrected chi connectivity index (χ3v) is 4.73. The van der Waals surface area contributed by atoms with E-state index in [-0.39, 0.29) is 11.3 Å². The first-order valence-corrected chi connectivity index (χ1v) is 9.99. The summed E-state index contributed by atoms with van der Waals surface area (Å²) in [4.78, 5) is 20.1. The van der Waals surface area contributed by atoms with E-state index >= 15 is 0 Å². The minimum atomic E-state index is -3.47. The van der Waals surface area contributed by atoms with Gasteiger partial charge in [-0.05, 0) is 30.3 Å². The normalized spacial score (nSPS) is 15.0. The Bertz CT molecular complexity index is 894. The van der Waals surface area contributed by atoms with E-state index in [9.17, 15) is 18.3 Å². The highest BCUT2D eigenvalue weighted by molar-refractivity contribution is 7.92. The van der Waals surface area contributed by atoms with Gasteiger partial charge in [0, 0.05) is 38.1 Å². The van der Waals surface area contributed by atoms with Crippen molar-refractivity contribution in [2.24, 2.45) is 0 Å². The van der Waals surface area contributed by atoms with E-state index in [0.29, 0.717) is 18.8 Å². The van der Waals surface area contributed by atoms with Gasteiger partial charge in [0.2, 0.25) is 10.0 Å². The van der Waals surface area contributed by atoms with Crippen LogP contribution < -0.4 is 14.5 Å². The number of aromatic carboxylic acids is 1. The molecule has 1 aliphatic rings. The maximum Gasteiger partial charge on any atom is 0.337 e. The summed E-state index contributed by atoms with van der Waals surface area (Å²) in [5.74, 6) is -0.192. The molecule has 2 heterocycles. The topological polar surface area (TPSA) is 103 Å². The third-order valence-electron chi connectivity index (χ3n) is 4.12. The van der Waals surface area contributed by atoms with Crippen LogP contribution >= 0.6 is 0 Å². The van der Waals surface area contributed by atoms with Crippen molar-refractivity contribution < 1.29 is 18.3 Å². The number of carbonyl (C=O) groups is 1. The van der Waals surface area contributed by atoms with Crippen LogP contribution in [0.15, 0.2) is 42.6 Å². The maximum atomic E-state index is 11.6. The molecule has 1 aromatic carbocycles. The summed E-state index contributed by atoms with van der Waals surface area (Å²) in [5.41, 5.74) is 0.892. The standard InChI is InChI=1S/C17H20N4O4S/c1-26(24,25)19-13-5-6-15(14(12-13)17(22)23)20-8-10-21(11-9-20)16-4-2-3-7-18-16/h2-7,12,19H,8-11H2,1H3,(H,22,23). The predicted molar refractivity (Wildman–Crippen MR) is 101 cm³/mol. The number of piperazine rings is 1. The minimum absolute atomic E-state index is 0.0740. The highest BCUT2D eigenvalue weighted by Gasteiger charge is 2.22. The summed E-state index contributed by atoms with van der Waals surface area (Å²) in [6, 6.07) is 10.3. The van der Waals surface area contributed by atoms with Gasteiger partial charge in [-0.15, -0.1) is 0 Å². The molecule has 26 heavy (non-hydrogen) atoms. The second-order valence-corrected chi connectivity index (χ2v) is 7.82. The average Bonchev–Trinajstić information content (AvgIpc) is 2.61. The highest BCUT2D eigenvalue weighted by Crippen LogP contribution is 2.26. The molecule has 9 heteroatoms. The summed E-state index contributed by atoms with van der Waals surface area (Å²) < 4.78 is 25.0. The Labute approximate surface area is 152 Å². The van der Waals surface area contributed by atoms with Crippen molar-refractivity contribution >= 4 is 33.2 Å². The first-order valence-electron chi connectivity index (χ1n) is 8.09. The van der Waals surface area contributed by atoms with Gasteiger partial charge in [-0.2, -0.15) is 0 Å². The lowest BCUT2D eigenvalue weighted by Gasteiger charge is -2.37. The van der Waals surface area contributed by atoms with Crippen LogP contribution in [0.1, 0.15) is 10.4 Å². The van der Waals surface area contributed by atoms with Gasteiger partial charge in [-0.1, -0.05) is 6.07 Å². The third kappa shape index (κ3) is 4.23. The number of benzene rings is 1. The van der Waals surface area contributed by atoms with Crippen molar-refractivity contribution in [2.75, 3.05) is 47.0 Å². The zero-order chi connectivity index (χ0) is 18.7. The van der Waals surface area contributed by atoms with Crippen molar-refractivity contribution in [1.82, 2.24) is 4.98 Å². The number of nitrogens with zero attached hydrogens (tertiary/aromatic N) is 3. The van der Waals surface area contributed by atoms with E-state index in [1.165, 1.54) is 6.07 Å². The van der Waals surface area contributed by atoms with Crippen molar-refractivity contribution in [3.8, 4) is 0 Å². The number of carboxylic acid groups (broad SMARTS) is 1. The van der Waals surface area contributed by atoms with Gasteiger partial charge in [0.25, 0.3) is 0 Å². The van der Waals surface area contributed by atoms with Gasteiger partial charge in [0.05, 0.1) is 17.5 Å². The maximum absolute atomic E-state index is 11.6. The molecule has 1 aromatic heterocycles. The molecular formula is C17H20N4O4S. The molecule has 8 nitrogen and oxygen atoms in total. The van der Waals surface area contributed by atoms with Gasteiger partial charge in [-0.25, -0.2) is 18.2 Å². The molecule has 138 valence electrons. The number of anilines is 3. The zero-order valence-corrected chi connectivity index (χ0v) is 15.1. The second kappa shape index (κ2) is 7.20. The molecule has 0 atom stereocenters. The van der Waals surface area contributed by atoms with Gasteiger partial charge < -0.3 is 14.9 Å². The number of aromatic nitrogens is 1.